The third-order valence-electron chi connectivity index (χ3n) is 3.97. The molecule has 1 aromatic carbocycles. The van der Waals surface area contributed by atoms with Crippen molar-refractivity contribution in [1.29, 1.82) is 0 Å². The summed E-state index contributed by atoms with van der Waals surface area (Å²) < 4.78 is 0. The van der Waals surface area contributed by atoms with Gasteiger partial charge < -0.3 is 16.0 Å². The van der Waals surface area contributed by atoms with Crippen LogP contribution in [0, 0.1) is 0 Å². The van der Waals surface area contributed by atoms with Crippen LogP contribution in [-0.2, 0) is 18.4 Å². The van der Waals surface area contributed by atoms with Crippen molar-refractivity contribution >= 4 is 10.9 Å². The highest BCUT2D eigenvalue weighted by Gasteiger charge is 2.29. The number of hydrogen-bond donors (Lipinski definition) is 3. The fourth-order valence-corrected chi connectivity index (χ4v) is 3.00. The van der Waals surface area contributed by atoms with Gasteiger partial charge in [-0.25, -0.2) is 0 Å². The van der Waals surface area contributed by atoms with Crippen LogP contribution < -0.4 is 11.1 Å². The summed E-state index contributed by atoms with van der Waals surface area (Å²) in [6.07, 6.45) is 2.06. The van der Waals surface area contributed by atoms with E-state index in [0.29, 0.717) is 6.54 Å². The molecule has 0 bridgehead atoms. The van der Waals surface area contributed by atoms with E-state index in [9.17, 15) is 0 Å². The van der Waals surface area contributed by atoms with Gasteiger partial charge in [-0.3, -0.25) is 0 Å². The van der Waals surface area contributed by atoms with E-state index >= 15 is 0 Å². The van der Waals surface area contributed by atoms with Gasteiger partial charge in [0.25, 0.3) is 0 Å². The molecule has 0 saturated carbocycles. The molecule has 1 aliphatic rings. The first kappa shape index (κ1) is 11.8. The van der Waals surface area contributed by atoms with Gasteiger partial charge >= 0.3 is 0 Å². The second kappa shape index (κ2) is 4.11. The average Bonchev–Trinajstić information content (AvgIpc) is 2.69. The maximum atomic E-state index is 5.64. The number of aromatic amines is 1. The van der Waals surface area contributed by atoms with E-state index in [1.165, 1.54) is 27.7 Å². The van der Waals surface area contributed by atoms with Gasteiger partial charge in [0.2, 0.25) is 0 Å². The lowest BCUT2D eigenvalue weighted by Gasteiger charge is -2.31. The molecule has 1 aromatic heterocycles. The Hall–Kier alpha value is -1.32. The predicted octanol–water partition coefficient (Wildman–Crippen LogP) is 2.05. The zero-order chi connectivity index (χ0) is 12.8. The zero-order valence-electron chi connectivity index (χ0n) is 11.1. The summed E-state index contributed by atoms with van der Waals surface area (Å²) in [5.74, 6) is 0. The van der Waals surface area contributed by atoms with Gasteiger partial charge in [0, 0.05) is 23.1 Å². The minimum atomic E-state index is 0.0423. The molecule has 0 unspecified atom stereocenters. The number of aromatic nitrogens is 1. The smallest absolute Gasteiger partial charge is 0.0532 e. The van der Waals surface area contributed by atoms with E-state index in [1.54, 1.807) is 0 Å². The van der Waals surface area contributed by atoms with Gasteiger partial charge in [0.15, 0.2) is 0 Å². The van der Waals surface area contributed by atoms with Gasteiger partial charge in [-0.1, -0.05) is 6.07 Å². The number of fused-ring (bicyclic) bond motifs is 3. The van der Waals surface area contributed by atoms with E-state index in [4.69, 9.17) is 5.73 Å². The standard InChI is InChI=1S/C15H21N3/c1-15(2)14-11(6-8-17-15)12-9-10(5-7-16)3-4-13(12)18-14/h3-4,9,17-18H,5-8,16H2,1-2H3. The molecule has 4 N–H and O–H groups in total. The van der Waals surface area contributed by atoms with Gasteiger partial charge in [-0.15, -0.1) is 0 Å². The quantitative estimate of drug-likeness (QED) is 0.756. The van der Waals surface area contributed by atoms with E-state index < -0.39 is 0 Å². The highest BCUT2D eigenvalue weighted by molar-refractivity contribution is 5.86. The summed E-state index contributed by atoms with van der Waals surface area (Å²) in [6, 6.07) is 6.67. The minimum Gasteiger partial charge on any atom is -0.357 e. The topological polar surface area (TPSA) is 53.8 Å². The Morgan fingerprint density at radius 3 is 2.94 bits per heavy atom. The first-order valence-electron chi connectivity index (χ1n) is 6.71. The zero-order valence-corrected chi connectivity index (χ0v) is 11.1. The van der Waals surface area contributed by atoms with Crippen LogP contribution in [0.1, 0.15) is 30.7 Å². The SMILES string of the molecule is CC1(C)NCCc2c1[nH]c1ccc(CCN)cc21. The largest absolute Gasteiger partial charge is 0.357 e. The van der Waals surface area contributed by atoms with E-state index in [1.807, 2.05) is 0 Å². The number of hydrogen-bond acceptors (Lipinski definition) is 2. The van der Waals surface area contributed by atoms with E-state index in [-0.39, 0.29) is 5.54 Å². The summed E-state index contributed by atoms with van der Waals surface area (Å²) in [6.45, 7) is 6.24. The second-order valence-electron chi connectivity index (χ2n) is 5.70. The normalized spacial score (nSPS) is 17.9. The lowest BCUT2D eigenvalue weighted by Crippen LogP contribution is -2.42. The number of benzene rings is 1. The second-order valence-corrected chi connectivity index (χ2v) is 5.70. The summed E-state index contributed by atoms with van der Waals surface area (Å²) in [5.41, 5.74) is 11.1. The number of rotatable bonds is 2. The van der Waals surface area contributed by atoms with Crippen LogP contribution in [0.5, 0.6) is 0 Å². The van der Waals surface area contributed by atoms with Gasteiger partial charge in [0.1, 0.15) is 0 Å². The molecule has 0 radical (unpaired) electrons. The first-order chi connectivity index (χ1) is 8.62. The Balaban J connectivity index is 2.18. The summed E-state index contributed by atoms with van der Waals surface area (Å²) in [5, 5.41) is 4.94. The molecule has 3 rings (SSSR count). The van der Waals surface area contributed by atoms with Crippen molar-refractivity contribution in [2.24, 2.45) is 5.73 Å². The first-order valence-corrected chi connectivity index (χ1v) is 6.71. The lowest BCUT2D eigenvalue weighted by atomic mass is 9.90. The lowest BCUT2D eigenvalue weighted by molar-refractivity contribution is 0.374. The van der Waals surface area contributed by atoms with Crippen molar-refractivity contribution in [3.05, 3.63) is 35.0 Å². The number of H-pyrrole nitrogens is 1. The molecule has 0 fully saturated rings. The van der Waals surface area contributed by atoms with Crippen molar-refractivity contribution in [2.45, 2.75) is 32.2 Å². The van der Waals surface area contributed by atoms with Crippen LogP contribution in [0.25, 0.3) is 10.9 Å². The predicted molar refractivity (Wildman–Crippen MR) is 75.8 cm³/mol. The molecule has 1 aliphatic heterocycles. The Bertz CT molecular complexity index is 581. The van der Waals surface area contributed by atoms with Crippen LogP contribution in [-0.4, -0.2) is 18.1 Å². The van der Waals surface area contributed by atoms with E-state index in [2.05, 4.69) is 42.3 Å². The molecule has 2 heterocycles. The highest BCUT2D eigenvalue weighted by atomic mass is 15.0. The highest BCUT2D eigenvalue weighted by Crippen LogP contribution is 2.33. The van der Waals surface area contributed by atoms with E-state index in [0.717, 1.165) is 19.4 Å². The molecule has 3 nitrogen and oxygen atoms in total. The number of nitrogens with one attached hydrogen (secondary N) is 2. The molecule has 0 spiro atoms. The van der Waals surface area contributed by atoms with Crippen LogP contribution in [0.15, 0.2) is 18.2 Å². The minimum absolute atomic E-state index is 0.0423. The fraction of sp³-hybridized carbons (Fsp3) is 0.467. The van der Waals surface area contributed by atoms with Crippen molar-refractivity contribution in [1.82, 2.24) is 10.3 Å². The monoisotopic (exact) mass is 243 g/mol. The molecule has 0 saturated heterocycles. The van der Waals surface area contributed by atoms with Crippen LogP contribution in [0.4, 0.5) is 0 Å². The molecule has 0 aliphatic carbocycles. The molecule has 96 valence electrons. The van der Waals surface area contributed by atoms with Crippen LogP contribution >= 0.6 is 0 Å². The summed E-state index contributed by atoms with van der Waals surface area (Å²) in [4.78, 5) is 3.58. The van der Waals surface area contributed by atoms with Gasteiger partial charge in [0.05, 0.1) is 5.54 Å². The van der Waals surface area contributed by atoms with Crippen molar-refractivity contribution in [3.8, 4) is 0 Å². The molecule has 3 heteroatoms. The Labute approximate surface area is 108 Å². The molecular formula is C15H21N3. The molecule has 0 atom stereocenters. The van der Waals surface area contributed by atoms with Gasteiger partial charge in [-0.05, 0) is 56.5 Å². The van der Waals surface area contributed by atoms with Crippen molar-refractivity contribution in [2.75, 3.05) is 13.1 Å². The third kappa shape index (κ3) is 1.74. The van der Waals surface area contributed by atoms with Crippen LogP contribution in [0.3, 0.4) is 0 Å². The Morgan fingerprint density at radius 1 is 1.33 bits per heavy atom. The summed E-state index contributed by atoms with van der Waals surface area (Å²) >= 11 is 0. The van der Waals surface area contributed by atoms with Gasteiger partial charge in [-0.2, -0.15) is 0 Å². The van der Waals surface area contributed by atoms with Crippen molar-refractivity contribution < 1.29 is 0 Å². The maximum Gasteiger partial charge on any atom is 0.0532 e. The fourth-order valence-electron chi connectivity index (χ4n) is 3.00. The van der Waals surface area contributed by atoms with Crippen LogP contribution in [0.2, 0.25) is 0 Å². The molecular weight excluding hydrogens is 222 g/mol. The van der Waals surface area contributed by atoms with Crippen molar-refractivity contribution in [3.63, 3.8) is 0 Å². The molecule has 0 amide bonds. The Kier molecular flexibility index (Phi) is 2.68. The maximum absolute atomic E-state index is 5.64. The average molecular weight is 243 g/mol. The molecule has 18 heavy (non-hydrogen) atoms. The number of nitrogens with two attached hydrogens (primary N) is 1. The molecule has 2 aromatic rings. The summed E-state index contributed by atoms with van der Waals surface area (Å²) in [7, 11) is 0. The third-order valence-corrected chi connectivity index (χ3v) is 3.97. The Morgan fingerprint density at radius 2 is 2.17 bits per heavy atom.